The van der Waals surface area contributed by atoms with Gasteiger partial charge in [0.15, 0.2) is 0 Å². The summed E-state index contributed by atoms with van der Waals surface area (Å²) in [4.78, 5) is 0. The second kappa shape index (κ2) is 4.17. The number of hydrogen-bond acceptors (Lipinski definition) is 2. The summed E-state index contributed by atoms with van der Waals surface area (Å²) in [5.74, 6) is 0. The maximum atomic E-state index is 12.8. The van der Waals surface area contributed by atoms with Crippen molar-refractivity contribution in [2.45, 2.75) is 24.6 Å². The second-order valence-corrected chi connectivity index (χ2v) is 5.17. The van der Waals surface area contributed by atoms with Crippen LogP contribution in [0.1, 0.15) is 18.4 Å². The van der Waals surface area contributed by atoms with Crippen LogP contribution >= 0.6 is 15.9 Å². The van der Waals surface area contributed by atoms with E-state index in [2.05, 4.69) is 21.2 Å². The number of halogens is 4. The summed E-state index contributed by atoms with van der Waals surface area (Å²) in [5.41, 5.74) is -1.26. The molecule has 1 aliphatic rings. The summed E-state index contributed by atoms with van der Waals surface area (Å²) in [6.45, 7) is -0.152. The fraction of sp³-hybridized carbons (Fsp3) is 0.455. The molecule has 0 spiro atoms. The first-order valence-corrected chi connectivity index (χ1v) is 5.91. The molecule has 0 saturated heterocycles. The Morgan fingerprint density at radius 2 is 2.00 bits per heavy atom. The van der Waals surface area contributed by atoms with Crippen LogP contribution in [0.3, 0.4) is 0 Å². The highest BCUT2D eigenvalue weighted by Crippen LogP contribution is 2.43. The molecule has 1 saturated carbocycles. The van der Waals surface area contributed by atoms with Crippen molar-refractivity contribution in [1.29, 1.82) is 0 Å². The van der Waals surface area contributed by atoms with E-state index in [-0.39, 0.29) is 12.3 Å². The molecular formula is C11H11BrF3NO. The maximum absolute atomic E-state index is 12.8. The molecule has 0 heterocycles. The zero-order valence-electron chi connectivity index (χ0n) is 8.81. The van der Waals surface area contributed by atoms with Crippen LogP contribution in [0.5, 0.6) is 0 Å². The number of aliphatic hydroxyl groups excluding tert-OH is 1. The molecule has 0 aliphatic heterocycles. The molecule has 2 rings (SSSR count). The molecule has 0 aromatic heterocycles. The predicted molar refractivity (Wildman–Crippen MR) is 61.8 cm³/mol. The van der Waals surface area contributed by atoms with Crippen molar-refractivity contribution < 1.29 is 18.3 Å². The monoisotopic (exact) mass is 309 g/mol. The third kappa shape index (κ3) is 2.74. The number of anilines is 1. The summed E-state index contributed by atoms with van der Waals surface area (Å²) in [7, 11) is 0. The van der Waals surface area contributed by atoms with Gasteiger partial charge in [-0.2, -0.15) is 13.2 Å². The van der Waals surface area contributed by atoms with Gasteiger partial charge in [-0.1, -0.05) is 15.9 Å². The average Bonchev–Trinajstić information content (AvgIpc) is 3.00. The van der Waals surface area contributed by atoms with E-state index in [0.29, 0.717) is 17.3 Å². The Bertz CT molecular complexity index is 429. The molecule has 1 aliphatic carbocycles. The lowest BCUT2D eigenvalue weighted by Crippen LogP contribution is -2.27. The van der Waals surface area contributed by atoms with Crippen molar-refractivity contribution in [1.82, 2.24) is 0 Å². The quantitative estimate of drug-likeness (QED) is 0.897. The minimum absolute atomic E-state index is 0.0206. The lowest BCUT2D eigenvalue weighted by atomic mass is 10.1. The number of alkyl halides is 3. The predicted octanol–water partition coefficient (Wildman–Crippen LogP) is 3.40. The SMILES string of the molecule is OCC1(Nc2ccc(Br)cc2C(F)(F)F)CC1. The van der Waals surface area contributed by atoms with Crippen molar-refractivity contribution in [3.8, 4) is 0 Å². The third-order valence-electron chi connectivity index (χ3n) is 2.84. The van der Waals surface area contributed by atoms with Gasteiger partial charge in [-0.3, -0.25) is 0 Å². The first-order valence-electron chi connectivity index (χ1n) is 5.12. The van der Waals surface area contributed by atoms with E-state index in [9.17, 15) is 13.2 Å². The van der Waals surface area contributed by atoms with Gasteiger partial charge in [-0.05, 0) is 31.0 Å². The zero-order valence-corrected chi connectivity index (χ0v) is 10.4. The fourth-order valence-electron chi connectivity index (χ4n) is 1.62. The van der Waals surface area contributed by atoms with Gasteiger partial charge < -0.3 is 10.4 Å². The topological polar surface area (TPSA) is 32.3 Å². The lowest BCUT2D eigenvalue weighted by molar-refractivity contribution is -0.137. The Morgan fingerprint density at radius 1 is 1.35 bits per heavy atom. The summed E-state index contributed by atoms with van der Waals surface area (Å²) in [6, 6.07) is 3.96. The summed E-state index contributed by atoms with van der Waals surface area (Å²) >= 11 is 3.02. The molecule has 0 radical (unpaired) electrons. The van der Waals surface area contributed by atoms with Gasteiger partial charge in [0.25, 0.3) is 0 Å². The van der Waals surface area contributed by atoms with E-state index < -0.39 is 17.3 Å². The van der Waals surface area contributed by atoms with Crippen molar-refractivity contribution in [3.05, 3.63) is 28.2 Å². The normalized spacial score (nSPS) is 17.9. The Morgan fingerprint density at radius 3 is 2.47 bits per heavy atom. The summed E-state index contributed by atoms with van der Waals surface area (Å²) in [5, 5.41) is 11.9. The molecule has 2 nitrogen and oxygen atoms in total. The van der Waals surface area contributed by atoms with Gasteiger partial charge in [0, 0.05) is 10.2 Å². The minimum Gasteiger partial charge on any atom is -0.394 e. The molecule has 0 atom stereocenters. The summed E-state index contributed by atoms with van der Waals surface area (Å²) in [6.07, 6.45) is -3.02. The standard InChI is InChI=1S/C11H11BrF3NO/c12-7-1-2-9(8(5-7)11(13,14)15)16-10(6-17)3-4-10/h1-2,5,16-17H,3-4,6H2. The Kier molecular flexibility index (Phi) is 3.12. The van der Waals surface area contributed by atoms with Gasteiger partial charge in [0.2, 0.25) is 0 Å². The van der Waals surface area contributed by atoms with Crippen molar-refractivity contribution >= 4 is 21.6 Å². The van der Waals surface area contributed by atoms with Crippen LogP contribution in [0, 0.1) is 0 Å². The van der Waals surface area contributed by atoms with Crippen LogP contribution in [-0.2, 0) is 6.18 Å². The zero-order chi connectivity index (χ0) is 12.7. The second-order valence-electron chi connectivity index (χ2n) is 4.25. The maximum Gasteiger partial charge on any atom is 0.418 e. The molecule has 0 unspecified atom stereocenters. The molecule has 1 aromatic carbocycles. The minimum atomic E-state index is -4.41. The van der Waals surface area contributed by atoms with E-state index in [1.54, 1.807) is 6.07 Å². The van der Waals surface area contributed by atoms with E-state index in [1.807, 2.05) is 0 Å². The van der Waals surface area contributed by atoms with Gasteiger partial charge in [-0.15, -0.1) is 0 Å². The highest BCUT2D eigenvalue weighted by molar-refractivity contribution is 9.10. The number of hydrogen-bond donors (Lipinski definition) is 2. The van der Waals surface area contributed by atoms with Crippen LogP contribution in [0.15, 0.2) is 22.7 Å². The van der Waals surface area contributed by atoms with Crippen LogP contribution in [-0.4, -0.2) is 17.3 Å². The fourth-order valence-corrected chi connectivity index (χ4v) is 1.98. The van der Waals surface area contributed by atoms with Crippen LogP contribution < -0.4 is 5.32 Å². The third-order valence-corrected chi connectivity index (χ3v) is 3.34. The molecule has 1 aromatic rings. The molecule has 17 heavy (non-hydrogen) atoms. The van der Waals surface area contributed by atoms with E-state index in [0.717, 1.165) is 6.07 Å². The molecule has 2 N–H and O–H groups in total. The summed E-state index contributed by atoms with van der Waals surface area (Å²) < 4.78 is 38.8. The van der Waals surface area contributed by atoms with Crippen molar-refractivity contribution in [2.24, 2.45) is 0 Å². The first kappa shape index (κ1) is 12.7. The highest BCUT2D eigenvalue weighted by atomic mass is 79.9. The average molecular weight is 310 g/mol. The Labute approximate surface area is 105 Å². The Balaban J connectivity index is 2.33. The van der Waals surface area contributed by atoms with E-state index in [1.165, 1.54) is 6.07 Å². The van der Waals surface area contributed by atoms with Gasteiger partial charge in [0.05, 0.1) is 17.7 Å². The van der Waals surface area contributed by atoms with Gasteiger partial charge in [-0.25, -0.2) is 0 Å². The van der Waals surface area contributed by atoms with Gasteiger partial charge in [0.1, 0.15) is 0 Å². The molecule has 94 valence electrons. The largest absolute Gasteiger partial charge is 0.418 e. The number of rotatable bonds is 3. The smallest absolute Gasteiger partial charge is 0.394 e. The number of benzene rings is 1. The van der Waals surface area contributed by atoms with Crippen molar-refractivity contribution in [2.75, 3.05) is 11.9 Å². The molecule has 6 heteroatoms. The molecule has 0 bridgehead atoms. The first-order chi connectivity index (χ1) is 7.86. The molecule has 1 fully saturated rings. The van der Waals surface area contributed by atoms with Gasteiger partial charge >= 0.3 is 6.18 Å². The highest BCUT2D eigenvalue weighted by Gasteiger charge is 2.44. The molecular weight excluding hydrogens is 299 g/mol. The van der Waals surface area contributed by atoms with Crippen LogP contribution in [0.2, 0.25) is 0 Å². The van der Waals surface area contributed by atoms with Crippen molar-refractivity contribution in [3.63, 3.8) is 0 Å². The van der Waals surface area contributed by atoms with Crippen LogP contribution in [0.25, 0.3) is 0 Å². The van der Waals surface area contributed by atoms with Crippen LogP contribution in [0.4, 0.5) is 18.9 Å². The Hall–Kier alpha value is -0.750. The number of aliphatic hydroxyl groups is 1. The van der Waals surface area contributed by atoms with E-state index >= 15 is 0 Å². The molecule has 0 amide bonds. The number of nitrogens with one attached hydrogen (secondary N) is 1. The van der Waals surface area contributed by atoms with E-state index in [4.69, 9.17) is 5.11 Å². The lowest BCUT2D eigenvalue weighted by Gasteiger charge is -2.20.